The second-order valence-electron chi connectivity index (χ2n) is 6.78. The molecule has 6 nitrogen and oxygen atoms in total. The Morgan fingerprint density at radius 1 is 1.30 bits per heavy atom. The van der Waals surface area contributed by atoms with Gasteiger partial charge in [0.05, 0.1) is 6.54 Å². The van der Waals surface area contributed by atoms with E-state index in [0.717, 1.165) is 12.0 Å². The van der Waals surface area contributed by atoms with Crippen molar-refractivity contribution in [2.24, 2.45) is 5.84 Å². The smallest absolute Gasteiger partial charge is 0.410 e. The molecule has 0 radical (unpaired) electrons. The van der Waals surface area contributed by atoms with Crippen molar-refractivity contribution in [2.75, 3.05) is 6.54 Å². The van der Waals surface area contributed by atoms with E-state index in [1.165, 1.54) is 9.91 Å². The minimum Gasteiger partial charge on any atom is -0.444 e. The second kappa shape index (κ2) is 7.00. The van der Waals surface area contributed by atoms with Crippen LogP contribution in [0.4, 0.5) is 4.79 Å². The molecule has 1 aromatic carbocycles. The summed E-state index contributed by atoms with van der Waals surface area (Å²) in [5.74, 6) is 5.67. The summed E-state index contributed by atoms with van der Waals surface area (Å²) in [4.78, 5) is 26.3. The van der Waals surface area contributed by atoms with Gasteiger partial charge in [0.2, 0.25) is 0 Å². The van der Waals surface area contributed by atoms with Crippen LogP contribution in [0.3, 0.4) is 0 Å². The molecule has 23 heavy (non-hydrogen) atoms. The number of hydrogen-bond acceptors (Lipinski definition) is 4. The molecule has 2 N–H and O–H groups in total. The Balaban J connectivity index is 2.01. The molecule has 1 fully saturated rings. The maximum absolute atomic E-state index is 12.6. The first-order valence-electron chi connectivity index (χ1n) is 7.87. The average Bonchev–Trinajstić information content (AvgIpc) is 2.95. The molecule has 6 heteroatoms. The Kier molecular flexibility index (Phi) is 5.26. The topological polar surface area (TPSA) is 75.9 Å². The lowest BCUT2D eigenvalue weighted by Crippen LogP contribution is -2.51. The molecule has 0 spiro atoms. The average molecular weight is 319 g/mol. The molecule has 0 aliphatic carbocycles. The molecule has 1 aliphatic rings. The number of carbonyl (C=O) groups is 2. The predicted molar refractivity (Wildman–Crippen MR) is 87.1 cm³/mol. The summed E-state index contributed by atoms with van der Waals surface area (Å²) in [5.41, 5.74) is 0.366. The highest BCUT2D eigenvalue weighted by molar-refractivity contribution is 5.86. The molecular formula is C17H25N3O3. The molecule has 0 bridgehead atoms. The van der Waals surface area contributed by atoms with E-state index in [2.05, 4.69) is 0 Å². The number of nitrogens with zero attached hydrogens (tertiary/aromatic N) is 2. The molecule has 0 saturated carbocycles. The van der Waals surface area contributed by atoms with Crippen molar-refractivity contribution in [1.29, 1.82) is 0 Å². The Bertz CT molecular complexity index is 554. The number of likely N-dealkylation sites (tertiary alicyclic amines) is 1. The summed E-state index contributed by atoms with van der Waals surface area (Å²) >= 11 is 0. The van der Waals surface area contributed by atoms with Crippen LogP contribution in [0.1, 0.15) is 39.2 Å². The second-order valence-corrected chi connectivity index (χ2v) is 6.78. The van der Waals surface area contributed by atoms with Gasteiger partial charge in [0.25, 0.3) is 5.91 Å². The highest BCUT2D eigenvalue weighted by Gasteiger charge is 2.38. The van der Waals surface area contributed by atoms with E-state index in [0.29, 0.717) is 19.5 Å². The van der Waals surface area contributed by atoms with Crippen molar-refractivity contribution < 1.29 is 14.3 Å². The fourth-order valence-corrected chi connectivity index (χ4v) is 2.61. The van der Waals surface area contributed by atoms with E-state index in [-0.39, 0.29) is 5.91 Å². The van der Waals surface area contributed by atoms with E-state index in [4.69, 9.17) is 10.6 Å². The van der Waals surface area contributed by atoms with E-state index in [9.17, 15) is 9.59 Å². The van der Waals surface area contributed by atoms with Gasteiger partial charge in [-0.25, -0.2) is 10.6 Å². The number of carbonyl (C=O) groups excluding carboxylic acids is 2. The predicted octanol–water partition coefficient (Wildman–Crippen LogP) is 2.29. The zero-order chi connectivity index (χ0) is 17.0. The first-order chi connectivity index (χ1) is 10.8. The summed E-state index contributed by atoms with van der Waals surface area (Å²) < 4.78 is 5.38. The first kappa shape index (κ1) is 17.3. The molecule has 1 atom stereocenters. The van der Waals surface area contributed by atoms with Crippen LogP contribution >= 0.6 is 0 Å². The van der Waals surface area contributed by atoms with Gasteiger partial charge < -0.3 is 4.74 Å². The zero-order valence-corrected chi connectivity index (χ0v) is 14.0. The molecule has 1 heterocycles. The third kappa shape index (κ3) is 4.69. The third-order valence-corrected chi connectivity index (χ3v) is 3.64. The monoisotopic (exact) mass is 319 g/mol. The van der Waals surface area contributed by atoms with Crippen LogP contribution in [0.15, 0.2) is 30.3 Å². The van der Waals surface area contributed by atoms with Gasteiger partial charge in [0.1, 0.15) is 11.6 Å². The highest BCUT2D eigenvalue weighted by atomic mass is 16.6. The highest BCUT2D eigenvalue weighted by Crippen LogP contribution is 2.22. The van der Waals surface area contributed by atoms with Crippen molar-refractivity contribution in [1.82, 2.24) is 9.91 Å². The molecule has 1 aliphatic heterocycles. The number of hydrogen-bond donors (Lipinski definition) is 1. The normalized spacial score (nSPS) is 17.9. The lowest BCUT2D eigenvalue weighted by atomic mass is 10.1. The lowest BCUT2D eigenvalue weighted by molar-refractivity contribution is -0.136. The van der Waals surface area contributed by atoms with Crippen LogP contribution in [-0.4, -0.2) is 40.1 Å². The van der Waals surface area contributed by atoms with Gasteiger partial charge in [-0.2, -0.15) is 0 Å². The fraction of sp³-hybridized carbons (Fsp3) is 0.529. The van der Waals surface area contributed by atoms with Gasteiger partial charge in [-0.3, -0.25) is 14.7 Å². The van der Waals surface area contributed by atoms with Gasteiger partial charge in [0, 0.05) is 6.54 Å². The van der Waals surface area contributed by atoms with Gasteiger partial charge in [-0.15, -0.1) is 0 Å². The van der Waals surface area contributed by atoms with Crippen molar-refractivity contribution in [3.8, 4) is 0 Å². The molecule has 2 amide bonds. The summed E-state index contributed by atoms with van der Waals surface area (Å²) in [7, 11) is 0. The molecule has 126 valence electrons. The van der Waals surface area contributed by atoms with Crippen molar-refractivity contribution in [2.45, 2.75) is 51.8 Å². The van der Waals surface area contributed by atoms with Crippen molar-refractivity contribution >= 4 is 12.0 Å². The molecular weight excluding hydrogens is 294 g/mol. The minimum absolute atomic E-state index is 0.253. The van der Waals surface area contributed by atoms with Crippen LogP contribution in [0, 0.1) is 0 Å². The maximum atomic E-state index is 12.6. The quantitative estimate of drug-likeness (QED) is 0.527. The van der Waals surface area contributed by atoms with Gasteiger partial charge in [-0.1, -0.05) is 30.3 Å². The third-order valence-electron chi connectivity index (χ3n) is 3.64. The standard InChI is InChI=1S/C17H25N3O3/c1-17(2,3)23-16(22)19-11-7-10-14(19)15(21)20(18)12-13-8-5-4-6-9-13/h4-6,8-9,14H,7,10-12,18H2,1-3H3/t14-/m1/s1. The van der Waals surface area contributed by atoms with Gasteiger partial charge in [0.15, 0.2) is 0 Å². The molecule has 0 unspecified atom stereocenters. The summed E-state index contributed by atoms with van der Waals surface area (Å²) in [5, 5.41) is 1.18. The van der Waals surface area contributed by atoms with Crippen LogP contribution in [-0.2, 0) is 16.1 Å². The van der Waals surface area contributed by atoms with E-state index >= 15 is 0 Å². The minimum atomic E-state index is -0.584. The van der Waals surface area contributed by atoms with Crippen molar-refractivity contribution in [3.05, 3.63) is 35.9 Å². The first-order valence-corrected chi connectivity index (χ1v) is 7.87. The van der Waals surface area contributed by atoms with E-state index in [1.807, 2.05) is 51.1 Å². The Hall–Kier alpha value is -2.08. The SMILES string of the molecule is CC(C)(C)OC(=O)N1CCC[C@@H]1C(=O)N(N)Cc1ccccc1. The van der Waals surface area contributed by atoms with Gasteiger partial charge >= 0.3 is 6.09 Å². The van der Waals surface area contributed by atoms with Gasteiger partial charge in [-0.05, 0) is 39.2 Å². The van der Waals surface area contributed by atoms with Crippen LogP contribution in [0.2, 0.25) is 0 Å². The Morgan fingerprint density at radius 3 is 2.57 bits per heavy atom. The number of amides is 2. The zero-order valence-electron chi connectivity index (χ0n) is 14.0. The van der Waals surface area contributed by atoms with Crippen LogP contribution in [0.5, 0.6) is 0 Å². The Labute approximate surface area is 137 Å². The summed E-state index contributed by atoms with van der Waals surface area (Å²) in [6, 6.07) is 8.99. The molecule has 1 aromatic rings. The summed E-state index contributed by atoms with van der Waals surface area (Å²) in [6.07, 6.45) is 0.927. The van der Waals surface area contributed by atoms with Crippen molar-refractivity contribution in [3.63, 3.8) is 0 Å². The largest absolute Gasteiger partial charge is 0.444 e. The summed E-state index contributed by atoms with van der Waals surface area (Å²) in [6.45, 7) is 6.26. The number of rotatable bonds is 3. The lowest BCUT2D eigenvalue weighted by Gasteiger charge is -2.30. The number of nitrogens with two attached hydrogens (primary N) is 1. The molecule has 2 rings (SSSR count). The molecule has 1 saturated heterocycles. The van der Waals surface area contributed by atoms with Crippen LogP contribution in [0.25, 0.3) is 0 Å². The van der Waals surface area contributed by atoms with E-state index < -0.39 is 17.7 Å². The maximum Gasteiger partial charge on any atom is 0.410 e. The number of ether oxygens (including phenoxy) is 1. The molecule has 0 aromatic heterocycles. The number of hydrazine groups is 1. The Morgan fingerprint density at radius 2 is 1.96 bits per heavy atom. The fourth-order valence-electron chi connectivity index (χ4n) is 2.61. The van der Waals surface area contributed by atoms with E-state index in [1.54, 1.807) is 0 Å². The van der Waals surface area contributed by atoms with Crippen LogP contribution < -0.4 is 5.84 Å². The number of benzene rings is 1.